The van der Waals surface area contributed by atoms with Gasteiger partial charge in [0.15, 0.2) is 0 Å². The minimum absolute atomic E-state index is 0.0376. The Kier molecular flexibility index (Phi) is 3.75. The van der Waals surface area contributed by atoms with Crippen LogP contribution in [-0.4, -0.2) is 27.3 Å². The zero-order valence-corrected chi connectivity index (χ0v) is 13.1. The topological polar surface area (TPSA) is 66.1 Å². The maximum atomic E-state index is 14.0. The van der Waals surface area contributed by atoms with Crippen molar-refractivity contribution in [2.75, 3.05) is 6.54 Å². The molecule has 1 aliphatic heterocycles. The summed E-state index contributed by atoms with van der Waals surface area (Å²) in [6, 6.07) is 7.34. The number of halogens is 1. The number of amides is 1. The van der Waals surface area contributed by atoms with Crippen LogP contribution in [-0.2, 0) is 5.54 Å². The molecule has 1 fully saturated rings. The lowest BCUT2D eigenvalue weighted by molar-refractivity contribution is 0.0598. The largest absolute Gasteiger partial charge is 0.326 e. The van der Waals surface area contributed by atoms with Gasteiger partial charge in [0, 0.05) is 18.3 Å². The lowest BCUT2D eigenvalue weighted by Crippen LogP contribution is -2.45. The molecule has 23 heavy (non-hydrogen) atoms. The lowest BCUT2D eigenvalue weighted by atomic mass is 9.96. The normalized spacial score (nSPS) is 20.7. The molecule has 0 spiro atoms. The predicted octanol–water partition coefficient (Wildman–Crippen LogP) is 2.37. The van der Waals surface area contributed by atoms with Crippen LogP contribution in [0.2, 0.25) is 0 Å². The standard InChI is InChI=1S/C17H18FN3O2/c1-11-10-14(22)20-16(19-11)17(2)8-5-9-21(17)15(23)12-6-3-4-7-13(12)18/h3-4,6-7,10H,5,8-9H2,1-2H3,(H,19,20,22)/t17-/m1/s1. The SMILES string of the molecule is Cc1cc(=O)[nH]c([C@@]2(C)CCCN2C(=O)c2ccccc2F)n1. The molecule has 1 N–H and O–H groups in total. The number of nitrogens with zero attached hydrogens (tertiary/aromatic N) is 2. The van der Waals surface area contributed by atoms with Gasteiger partial charge in [-0.25, -0.2) is 9.37 Å². The van der Waals surface area contributed by atoms with Crippen molar-refractivity contribution in [2.24, 2.45) is 0 Å². The summed E-state index contributed by atoms with van der Waals surface area (Å²) in [6.45, 7) is 4.10. The van der Waals surface area contributed by atoms with Gasteiger partial charge in [-0.1, -0.05) is 12.1 Å². The highest BCUT2D eigenvalue weighted by Crippen LogP contribution is 2.37. The molecule has 1 saturated heterocycles. The van der Waals surface area contributed by atoms with Crippen molar-refractivity contribution in [2.45, 2.75) is 32.2 Å². The van der Waals surface area contributed by atoms with Gasteiger partial charge in [-0.2, -0.15) is 0 Å². The fourth-order valence-corrected chi connectivity index (χ4v) is 3.15. The maximum Gasteiger partial charge on any atom is 0.257 e. The van der Waals surface area contributed by atoms with Crippen LogP contribution in [0.1, 0.15) is 41.6 Å². The summed E-state index contributed by atoms with van der Waals surface area (Å²) in [5.74, 6) is -0.477. The van der Waals surface area contributed by atoms with E-state index in [1.165, 1.54) is 18.2 Å². The predicted molar refractivity (Wildman–Crippen MR) is 83.6 cm³/mol. The van der Waals surface area contributed by atoms with Crippen molar-refractivity contribution in [1.82, 2.24) is 14.9 Å². The Morgan fingerprint density at radius 1 is 1.39 bits per heavy atom. The summed E-state index contributed by atoms with van der Waals surface area (Å²) >= 11 is 0. The van der Waals surface area contributed by atoms with Gasteiger partial charge < -0.3 is 9.88 Å². The summed E-state index contributed by atoms with van der Waals surface area (Å²) in [7, 11) is 0. The van der Waals surface area contributed by atoms with Crippen molar-refractivity contribution in [3.05, 3.63) is 63.6 Å². The number of aromatic amines is 1. The molecule has 0 saturated carbocycles. The lowest BCUT2D eigenvalue weighted by Gasteiger charge is -2.34. The van der Waals surface area contributed by atoms with Gasteiger partial charge >= 0.3 is 0 Å². The van der Waals surface area contributed by atoms with Crippen LogP contribution in [0.4, 0.5) is 4.39 Å². The van der Waals surface area contributed by atoms with Crippen LogP contribution in [0, 0.1) is 12.7 Å². The Labute approximate surface area is 133 Å². The van der Waals surface area contributed by atoms with Crippen LogP contribution in [0.5, 0.6) is 0 Å². The molecular weight excluding hydrogens is 297 g/mol. The minimum Gasteiger partial charge on any atom is -0.326 e. The number of aryl methyl sites for hydroxylation is 1. The first-order valence-electron chi connectivity index (χ1n) is 7.57. The molecule has 2 aromatic rings. The number of likely N-dealkylation sites (tertiary alicyclic amines) is 1. The first kappa shape index (κ1) is 15.4. The molecule has 3 rings (SSSR count). The number of aromatic nitrogens is 2. The van der Waals surface area contributed by atoms with Crippen molar-refractivity contribution < 1.29 is 9.18 Å². The number of benzene rings is 1. The highest BCUT2D eigenvalue weighted by atomic mass is 19.1. The third-order valence-corrected chi connectivity index (χ3v) is 4.37. The third-order valence-electron chi connectivity index (χ3n) is 4.37. The van der Waals surface area contributed by atoms with Crippen LogP contribution in [0.3, 0.4) is 0 Å². The molecular formula is C17H18FN3O2. The molecule has 0 aliphatic carbocycles. The van der Waals surface area contributed by atoms with Gasteiger partial charge in [-0.15, -0.1) is 0 Å². The maximum absolute atomic E-state index is 14.0. The molecule has 1 atom stereocenters. The number of H-pyrrole nitrogens is 1. The molecule has 1 aromatic carbocycles. The van der Waals surface area contributed by atoms with Crippen LogP contribution in [0.25, 0.3) is 0 Å². The smallest absolute Gasteiger partial charge is 0.257 e. The van der Waals surface area contributed by atoms with Crippen molar-refractivity contribution in [3.63, 3.8) is 0 Å². The minimum atomic E-state index is -0.745. The fraction of sp³-hybridized carbons (Fsp3) is 0.353. The summed E-state index contributed by atoms with van der Waals surface area (Å²) in [4.78, 5) is 33.3. The van der Waals surface area contributed by atoms with Gasteiger partial charge in [-0.3, -0.25) is 9.59 Å². The summed E-state index contributed by atoms with van der Waals surface area (Å²) in [5.41, 5.74) is -0.366. The molecule has 0 unspecified atom stereocenters. The molecule has 2 heterocycles. The van der Waals surface area contributed by atoms with E-state index >= 15 is 0 Å². The van der Waals surface area contributed by atoms with E-state index in [4.69, 9.17) is 0 Å². The average molecular weight is 315 g/mol. The second-order valence-corrected chi connectivity index (χ2v) is 6.05. The number of nitrogens with one attached hydrogen (secondary N) is 1. The van der Waals surface area contributed by atoms with Crippen molar-refractivity contribution in [1.29, 1.82) is 0 Å². The van der Waals surface area contributed by atoms with Crippen LogP contribution in [0.15, 0.2) is 35.1 Å². The third kappa shape index (κ3) is 2.65. The molecule has 0 bridgehead atoms. The quantitative estimate of drug-likeness (QED) is 0.925. The number of carbonyl (C=O) groups is 1. The van der Waals surface area contributed by atoms with Crippen molar-refractivity contribution >= 4 is 5.91 Å². The number of rotatable bonds is 2. The van der Waals surface area contributed by atoms with Gasteiger partial charge in [0.1, 0.15) is 11.6 Å². The Bertz CT molecular complexity index is 817. The zero-order chi connectivity index (χ0) is 16.6. The van der Waals surface area contributed by atoms with E-state index in [-0.39, 0.29) is 17.0 Å². The second kappa shape index (κ2) is 5.61. The molecule has 6 heteroatoms. The van der Waals surface area contributed by atoms with Gasteiger partial charge in [0.2, 0.25) is 0 Å². The van der Waals surface area contributed by atoms with Gasteiger partial charge in [-0.05, 0) is 38.8 Å². The van der Waals surface area contributed by atoms with E-state index in [0.29, 0.717) is 24.5 Å². The van der Waals surface area contributed by atoms with E-state index < -0.39 is 11.4 Å². The molecule has 1 amide bonds. The summed E-state index contributed by atoms with van der Waals surface area (Å²) in [6.07, 6.45) is 1.44. The van der Waals surface area contributed by atoms with Gasteiger partial charge in [0.25, 0.3) is 11.5 Å². The Morgan fingerprint density at radius 2 is 2.13 bits per heavy atom. The van der Waals surface area contributed by atoms with Crippen LogP contribution >= 0.6 is 0 Å². The van der Waals surface area contributed by atoms with E-state index in [0.717, 1.165) is 6.42 Å². The number of hydrogen-bond donors (Lipinski definition) is 1. The highest BCUT2D eigenvalue weighted by molar-refractivity contribution is 5.95. The first-order chi connectivity index (χ1) is 10.9. The Balaban J connectivity index is 2.04. The van der Waals surface area contributed by atoms with Crippen LogP contribution < -0.4 is 5.56 Å². The number of carbonyl (C=O) groups excluding carboxylic acids is 1. The number of hydrogen-bond acceptors (Lipinski definition) is 3. The molecule has 1 aromatic heterocycles. The average Bonchev–Trinajstić information content (AvgIpc) is 2.89. The monoisotopic (exact) mass is 315 g/mol. The summed E-state index contributed by atoms with van der Waals surface area (Å²) < 4.78 is 14.0. The second-order valence-electron chi connectivity index (χ2n) is 6.05. The Morgan fingerprint density at radius 3 is 2.83 bits per heavy atom. The molecule has 1 aliphatic rings. The van der Waals surface area contributed by atoms with E-state index in [1.807, 2.05) is 6.92 Å². The fourth-order valence-electron chi connectivity index (χ4n) is 3.15. The van der Waals surface area contributed by atoms with E-state index in [9.17, 15) is 14.0 Å². The van der Waals surface area contributed by atoms with E-state index in [1.54, 1.807) is 24.0 Å². The highest BCUT2D eigenvalue weighted by Gasteiger charge is 2.43. The molecule has 120 valence electrons. The summed E-state index contributed by atoms with van der Waals surface area (Å²) in [5, 5.41) is 0. The molecule has 5 nitrogen and oxygen atoms in total. The molecule has 0 radical (unpaired) electrons. The zero-order valence-electron chi connectivity index (χ0n) is 13.1. The van der Waals surface area contributed by atoms with E-state index in [2.05, 4.69) is 9.97 Å². The van der Waals surface area contributed by atoms with Gasteiger partial charge in [0.05, 0.1) is 11.1 Å². The first-order valence-corrected chi connectivity index (χ1v) is 7.57. The van der Waals surface area contributed by atoms with Crippen molar-refractivity contribution in [3.8, 4) is 0 Å². The Hall–Kier alpha value is -2.50.